The van der Waals surface area contributed by atoms with Crippen molar-refractivity contribution >= 4 is 174 Å². The van der Waals surface area contributed by atoms with Gasteiger partial charge in [-0.15, -0.1) is 0 Å². The second-order valence-electron chi connectivity index (χ2n) is 6.42. The van der Waals surface area contributed by atoms with Crippen LogP contribution in [0.3, 0.4) is 0 Å². The largest absolute Gasteiger partial charge is 0.349 e. The highest BCUT2D eigenvalue weighted by Gasteiger charge is 2.95. The van der Waals surface area contributed by atoms with Gasteiger partial charge in [-0.1, -0.05) is 174 Å². The van der Waals surface area contributed by atoms with Crippen LogP contribution in [0.1, 0.15) is 0 Å². The number of hydrogen-bond acceptors (Lipinski definition) is 2. The minimum Gasteiger partial charge on any atom is -0.337 e. The second-order valence-corrected chi connectivity index (χ2v) is 15.4. The Labute approximate surface area is 268 Å². The van der Waals surface area contributed by atoms with Crippen LogP contribution in [0.2, 0.25) is 0 Å². The summed E-state index contributed by atoms with van der Waals surface area (Å²) in [5.74, 6) is -14.4. The lowest BCUT2D eigenvalue weighted by molar-refractivity contribution is -0.191. The topological polar surface area (TPSA) is 18.5 Å². The Bertz CT molecular complexity index is 768. The molecule has 1 unspecified atom stereocenters. The van der Waals surface area contributed by atoms with Crippen LogP contribution in [0.5, 0.6) is 0 Å². The molecule has 0 saturated heterocycles. The van der Waals surface area contributed by atoms with Gasteiger partial charge in [0.1, 0.15) is 6.07 Å². The van der Waals surface area contributed by atoms with E-state index in [1.165, 1.54) is 0 Å². The summed E-state index contributed by atoms with van der Waals surface area (Å²) in [5.41, 5.74) is 0. The summed E-state index contributed by atoms with van der Waals surface area (Å²) >= 11 is 80.5. The summed E-state index contributed by atoms with van der Waals surface area (Å²) in [6.45, 7) is 0. The molecule has 0 aromatic carbocycles. The maximum Gasteiger partial charge on any atom is 0.349 e. The molecule has 0 radical (unpaired) electrons. The number of halogens is 21. The maximum absolute atomic E-state index is 13.9. The van der Waals surface area contributed by atoms with E-state index in [1.54, 1.807) is 0 Å². The van der Waals surface area contributed by atoms with Crippen molar-refractivity contribution in [1.29, 1.82) is 0 Å². The monoisotopic (exact) mass is 818 g/mol. The van der Waals surface area contributed by atoms with Crippen LogP contribution >= 0.6 is 174 Å². The molecular weight excluding hydrogens is 822 g/mol. The molecule has 0 spiro atoms. The van der Waals surface area contributed by atoms with Crippen LogP contribution in [-0.2, 0) is 9.47 Å². The summed E-state index contributed by atoms with van der Waals surface area (Å²) in [6.07, 6.45) is 0. The average molecular weight is 825 g/mol. The minimum atomic E-state index is -5.10. The van der Waals surface area contributed by atoms with Crippen molar-refractivity contribution in [3.05, 3.63) is 0 Å². The van der Waals surface area contributed by atoms with Crippen molar-refractivity contribution < 1.29 is 35.8 Å². The van der Waals surface area contributed by atoms with Gasteiger partial charge in [-0.25, -0.2) is 0 Å². The molecule has 210 valence electrons. The number of alkyl halides is 21. The average Bonchev–Trinajstić information content (AvgIpc) is 2.73. The highest BCUT2D eigenvalue weighted by molar-refractivity contribution is 6.70. The van der Waals surface area contributed by atoms with Gasteiger partial charge >= 0.3 is 17.8 Å². The molecule has 35 heavy (non-hydrogen) atoms. The summed E-state index contributed by atoms with van der Waals surface area (Å²) < 4.78 is 74.5. The number of hydrogen-bond donors (Lipinski definition) is 0. The van der Waals surface area contributed by atoms with Crippen LogP contribution in [0, 0.1) is 0 Å². The van der Waals surface area contributed by atoms with Gasteiger partial charge in [0.25, 0.3) is 0 Å². The minimum absolute atomic E-state index is 0.661. The van der Waals surface area contributed by atoms with Gasteiger partial charge in [0.2, 0.25) is 36.8 Å². The van der Waals surface area contributed by atoms with Crippen molar-refractivity contribution in [3.63, 3.8) is 0 Å². The van der Waals surface area contributed by atoms with E-state index in [0.29, 0.717) is 0 Å². The van der Waals surface area contributed by atoms with E-state index in [2.05, 4.69) is 9.47 Å². The first-order valence-corrected chi connectivity index (χ1v) is 13.5. The lowest BCUT2D eigenvalue weighted by atomic mass is 10.2. The molecule has 2 saturated carbocycles. The molecule has 2 nitrogen and oxygen atoms in total. The molecular formula is C12H3Cl15F6O2. The molecule has 2 fully saturated rings. The summed E-state index contributed by atoms with van der Waals surface area (Å²) in [6, 6.07) is -0.661. The molecule has 0 N–H and O–H groups in total. The smallest absolute Gasteiger partial charge is 0.337 e. The lowest BCUT2D eigenvalue weighted by Crippen LogP contribution is -2.54. The Hall–Kier alpha value is 3.85. The van der Waals surface area contributed by atoms with Crippen molar-refractivity contribution in [2.45, 2.75) is 54.6 Å². The molecule has 0 heterocycles. The van der Waals surface area contributed by atoms with Crippen molar-refractivity contribution in [2.75, 3.05) is 6.07 Å². The van der Waals surface area contributed by atoms with E-state index in [1.807, 2.05) is 0 Å². The van der Waals surface area contributed by atoms with Gasteiger partial charge in [-0.2, -0.15) is 26.3 Å². The van der Waals surface area contributed by atoms with Gasteiger partial charge < -0.3 is 9.47 Å². The molecule has 0 amide bonds. The summed E-state index contributed by atoms with van der Waals surface area (Å²) in [4.78, 5) is 0. The number of ether oxygens (including phenoxy) is 2. The first-order chi connectivity index (χ1) is 15.0. The van der Waals surface area contributed by atoms with E-state index in [0.717, 1.165) is 0 Å². The second kappa shape index (κ2) is 10.5. The third-order valence-electron chi connectivity index (χ3n) is 4.49. The zero-order valence-electron chi connectivity index (χ0n) is 15.0. The fourth-order valence-corrected chi connectivity index (χ4v) is 7.49. The standard InChI is InChI=1S/C6H2Cl8F2O.C6HCl7F4O/c7-1-17-5(14)2(8,9)3(10,11)6(15,16)4(5,12)13;7-1(8)18-4(13)2(9,10)5(14,15)6(16,17)3(4,11)12/h1H2;1H. The van der Waals surface area contributed by atoms with Crippen LogP contribution in [-0.4, -0.2) is 60.6 Å². The zero-order valence-corrected chi connectivity index (χ0v) is 26.4. The third-order valence-corrected chi connectivity index (χ3v) is 12.4. The van der Waals surface area contributed by atoms with Gasteiger partial charge in [0.15, 0.2) is 0 Å². The first kappa shape index (κ1) is 36.9. The Kier molecular flexibility index (Phi) is 11.1. The predicted molar refractivity (Wildman–Crippen MR) is 133 cm³/mol. The van der Waals surface area contributed by atoms with E-state index in [-0.39, 0.29) is 0 Å². The van der Waals surface area contributed by atoms with Gasteiger partial charge in [-0.05, 0) is 0 Å². The molecule has 2 aliphatic rings. The van der Waals surface area contributed by atoms with Gasteiger partial charge in [0.05, 0.1) is 0 Å². The van der Waals surface area contributed by atoms with Crippen LogP contribution in [0.4, 0.5) is 26.3 Å². The Balaban J connectivity index is 0.000000351. The first-order valence-electron chi connectivity index (χ1n) is 7.54. The normalized spacial score (nSPS) is 33.8. The van der Waals surface area contributed by atoms with Crippen molar-refractivity contribution in [3.8, 4) is 0 Å². The third kappa shape index (κ3) is 4.60. The highest BCUT2D eigenvalue weighted by Crippen LogP contribution is 2.76. The fraction of sp³-hybridized carbons (Fsp3) is 1.00. The molecule has 2 rings (SSSR count). The Morgan fingerprint density at radius 1 is 0.486 bits per heavy atom. The SMILES string of the molecule is FC1(F)C(Cl)(Cl)C(Cl)(Cl)C(Cl)(OCCl)C1(Cl)Cl.FC1(F)C(F)(F)C(Cl)(Cl)C(Cl)(OC(Cl)Cl)C1(Cl)Cl. The molecule has 0 bridgehead atoms. The summed E-state index contributed by atoms with van der Waals surface area (Å²) in [5, 5.41) is -7.99. The molecule has 0 aliphatic heterocycles. The van der Waals surface area contributed by atoms with E-state index in [9.17, 15) is 26.3 Å². The molecule has 0 aromatic heterocycles. The number of rotatable bonds is 4. The van der Waals surface area contributed by atoms with Crippen molar-refractivity contribution in [2.24, 2.45) is 0 Å². The summed E-state index contributed by atoms with van der Waals surface area (Å²) in [7, 11) is 0. The Morgan fingerprint density at radius 2 is 0.800 bits per heavy atom. The quantitative estimate of drug-likeness (QED) is 0.208. The lowest BCUT2D eigenvalue weighted by Gasteiger charge is -2.37. The van der Waals surface area contributed by atoms with Gasteiger partial charge in [-0.3, -0.25) is 0 Å². The Morgan fingerprint density at radius 3 is 1.03 bits per heavy atom. The van der Waals surface area contributed by atoms with Crippen molar-refractivity contribution in [1.82, 2.24) is 0 Å². The molecule has 23 heteroatoms. The molecule has 2 aliphatic carbocycles. The van der Waals surface area contributed by atoms with Crippen LogP contribution < -0.4 is 0 Å². The van der Waals surface area contributed by atoms with E-state index < -0.39 is 60.6 Å². The van der Waals surface area contributed by atoms with Gasteiger partial charge in [0, 0.05) is 0 Å². The maximum atomic E-state index is 13.9. The van der Waals surface area contributed by atoms with Crippen LogP contribution in [0.25, 0.3) is 0 Å². The van der Waals surface area contributed by atoms with E-state index >= 15 is 0 Å². The molecule has 0 aromatic rings. The highest BCUT2D eigenvalue weighted by atomic mass is 35.6. The van der Waals surface area contributed by atoms with Crippen LogP contribution in [0.15, 0.2) is 0 Å². The fourth-order valence-electron chi connectivity index (χ4n) is 2.52. The molecule has 1 atom stereocenters. The van der Waals surface area contributed by atoms with E-state index in [4.69, 9.17) is 174 Å². The zero-order chi connectivity index (χ0) is 28.7. The predicted octanol–water partition coefficient (Wildman–Crippen LogP) is 10.6.